The molecule has 24 heavy (non-hydrogen) atoms. The number of fused-ring (bicyclic) bond motifs is 1. The van der Waals surface area contributed by atoms with Gasteiger partial charge in [-0.3, -0.25) is 4.79 Å². The molecule has 6 heteroatoms. The molecule has 2 aromatic rings. The Morgan fingerprint density at radius 3 is 2.38 bits per heavy atom. The van der Waals surface area contributed by atoms with Gasteiger partial charge in [-0.05, 0) is 29.7 Å². The van der Waals surface area contributed by atoms with Crippen molar-refractivity contribution in [3.8, 4) is 0 Å². The van der Waals surface area contributed by atoms with Gasteiger partial charge in [0.05, 0.1) is 11.4 Å². The molecule has 1 amide bonds. The van der Waals surface area contributed by atoms with Crippen LogP contribution in [0, 0.1) is 0 Å². The predicted octanol–water partition coefficient (Wildman–Crippen LogP) is 1.89. The first kappa shape index (κ1) is 16.7. The first-order chi connectivity index (χ1) is 11.5. The molecule has 0 saturated heterocycles. The van der Waals surface area contributed by atoms with Gasteiger partial charge in [0, 0.05) is 20.1 Å². The van der Waals surface area contributed by atoms with Gasteiger partial charge in [-0.25, -0.2) is 8.42 Å². The standard InChI is InChI=1S/C18H20N2O3S/c1-19(24(22,23)17-9-3-2-4-10-17)14-18(21)20-12-11-15-7-5-6-8-16(15)13-20/h2-10H,11-14H2,1H3. The van der Waals surface area contributed by atoms with Crippen molar-refractivity contribution >= 4 is 15.9 Å². The SMILES string of the molecule is CN(CC(=O)N1CCc2ccccc2C1)S(=O)(=O)c1ccccc1. The molecule has 2 aromatic carbocycles. The molecule has 0 spiro atoms. The van der Waals surface area contributed by atoms with E-state index in [0.29, 0.717) is 13.1 Å². The zero-order valence-corrected chi connectivity index (χ0v) is 14.4. The number of likely N-dealkylation sites (N-methyl/N-ethyl adjacent to an activating group) is 1. The van der Waals surface area contributed by atoms with Gasteiger partial charge in [0.2, 0.25) is 15.9 Å². The number of sulfonamides is 1. The van der Waals surface area contributed by atoms with Gasteiger partial charge >= 0.3 is 0 Å². The van der Waals surface area contributed by atoms with Crippen molar-refractivity contribution in [2.24, 2.45) is 0 Å². The molecule has 1 heterocycles. The first-order valence-electron chi connectivity index (χ1n) is 7.84. The van der Waals surface area contributed by atoms with Gasteiger partial charge in [0.15, 0.2) is 0 Å². The van der Waals surface area contributed by atoms with Crippen LogP contribution in [0.1, 0.15) is 11.1 Å². The molecule has 0 radical (unpaired) electrons. The Labute approximate surface area is 142 Å². The van der Waals surface area contributed by atoms with E-state index in [9.17, 15) is 13.2 Å². The Hall–Kier alpha value is -2.18. The third-order valence-corrected chi connectivity index (χ3v) is 6.11. The van der Waals surface area contributed by atoms with E-state index in [0.717, 1.165) is 16.3 Å². The van der Waals surface area contributed by atoms with Crippen LogP contribution in [-0.2, 0) is 27.8 Å². The van der Waals surface area contributed by atoms with Crippen molar-refractivity contribution in [2.45, 2.75) is 17.9 Å². The van der Waals surface area contributed by atoms with Crippen LogP contribution in [0.2, 0.25) is 0 Å². The maximum absolute atomic E-state index is 12.5. The second-order valence-electron chi connectivity index (χ2n) is 5.91. The third-order valence-electron chi connectivity index (χ3n) is 4.29. The number of amides is 1. The molecule has 0 fully saturated rings. The topological polar surface area (TPSA) is 57.7 Å². The summed E-state index contributed by atoms with van der Waals surface area (Å²) >= 11 is 0. The molecule has 5 nitrogen and oxygen atoms in total. The van der Waals surface area contributed by atoms with Crippen LogP contribution in [0.4, 0.5) is 0 Å². The van der Waals surface area contributed by atoms with Gasteiger partial charge in [0.1, 0.15) is 0 Å². The first-order valence-corrected chi connectivity index (χ1v) is 9.28. The average Bonchev–Trinajstić information content (AvgIpc) is 2.62. The fourth-order valence-electron chi connectivity index (χ4n) is 2.86. The number of carbonyl (C=O) groups excluding carboxylic acids is 1. The highest BCUT2D eigenvalue weighted by Gasteiger charge is 2.26. The van der Waals surface area contributed by atoms with E-state index in [4.69, 9.17) is 0 Å². The molecule has 0 atom stereocenters. The molecule has 1 aliphatic rings. The Morgan fingerprint density at radius 2 is 1.67 bits per heavy atom. The molecular weight excluding hydrogens is 324 g/mol. The van der Waals surface area contributed by atoms with Crippen LogP contribution < -0.4 is 0 Å². The summed E-state index contributed by atoms with van der Waals surface area (Å²) in [6.07, 6.45) is 0.803. The maximum atomic E-state index is 12.5. The third kappa shape index (κ3) is 3.34. The van der Waals surface area contributed by atoms with Crippen LogP contribution in [0.3, 0.4) is 0 Å². The van der Waals surface area contributed by atoms with Crippen LogP contribution in [-0.4, -0.2) is 43.7 Å². The number of nitrogens with zero attached hydrogens (tertiary/aromatic N) is 2. The lowest BCUT2D eigenvalue weighted by Crippen LogP contribution is -2.43. The summed E-state index contributed by atoms with van der Waals surface area (Å²) < 4.78 is 26.1. The van der Waals surface area contributed by atoms with E-state index >= 15 is 0 Å². The zero-order chi connectivity index (χ0) is 17.2. The number of hydrogen-bond donors (Lipinski definition) is 0. The minimum absolute atomic E-state index is 0.153. The summed E-state index contributed by atoms with van der Waals surface area (Å²) in [6, 6.07) is 16.2. The molecule has 0 N–H and O–H groups in total. The molecular formula is C18H20N2O3S. The number of benzene rings is 2. The van der Waals surface area contributed by atoms with Gasteiger partial charge in [-0.2, -0.15) is 4.31 Å². The van der Waals surface area contributed by atoms with Crippen molar-refractivity contribution in [1.82, 2.24) is 9.21 Å². The highest BCUT2D eigenvalue weighted by molar-refractivity contribution is 7.89. The molecule has 0 saturated carbocycles. The normalized spacial score (nSPS) is 14.5. The highest BCUT2D eigenvalue weighted by atomic mass is 32.2. The van der Waals surface area contributed by atoms with Crippen molar-refractivity contribution in [3.05, 3.63) is 65.7 Å². The van der Waals surface area contributed by atoms with E-state index in [-0.39, 0.29) is 17.3 Å². The van der Waals surface area contributed by atoms with E-state index in [1.165, 1.54) is 24.7 Å². The van der Waals surface area contributed by atoms with E-state index < -0.39 is 10.0 Å². The number of carbonyl (C=O) groups is 1. The van der Waals surface area contributed by atoms with Crippen molar-refractivity contribution < 1.29 is 13.2 Å². The Kier molecular flexibility index (Phi) is 4.69. The maximum Gasteiger partial charge on any atom is 0.243 e. The van der Waals surface area contributed by atoms with Gasteiger partial charge < -0.3 is 4.90 Å². The summed E-state index contributed by atoms with van der Waals surface area (Å²) in [5.41, 5.74) is 2.39. The molecule has 3 rings (SSSR count). The van der Waals surface area contributed by atoms with Crippen molar-refractivity contribution in [3.63, 3.8) is 0 Å². The molecule has 0 unspecified atom stereocenters. The summed E-state index contributed by atoms with van der Waals surface area (Å²) in [5, 5.41) is 0. The van der Waals surface area contributed by atoms with Crippen LogP contribution in [0.25, 0.3) is 0 Å². The van der Waals surface area contributed by atoms with Crippen molar-refractivity contribution in [1.29, 1.82) is 0 Å². The highest BCUT2D eigenvalue weighted by Crippen LogP contribution is 2.19. The quantitative estimate of drug-likeness (QED) is 0.851. The van der Waals surface area contributed by atoms with E-state index in [2.05, 4.69) is 6.07 Å². The molecule has 0 bridgehead atoms. The molecule has 1 aliphatic heterocycles. The summed E-state index contributed by atoms with van der Waals surface area (Å²) in [7, 11) is -2.20. The summed E-state index contributed by atoms with van der Waals surface area (Å²) in [5.74, 6) is -0.175. The lowest BCUT2D eigenvalue weighted by atomic mass is 10.00. The van der Waals surface area contributed by atoms with Gasteiger partial charge in [-0.15, -0.1) is 0 Å². The van der Waals surface area contributed by atoms with Crippen LogP contribution in [0.15, 0.2) is 59.5 Å². The monoisotopic (exact) mass is 344 g/mol. The number of hydrogen-bond acceptors (Lipinski definition) is 3. The minimum atomic E-state index is -3.65. The Balaban J connectivity index is 1.69. The fraction of sp³-hybridized carbons (Fsp3) is 0.278. The Morgan fingerprint density at radius 1 is 1.04 bits per heavy atom. The lowest BCUT2D eigenvalue weighted by Gasteiger charge is -2.30. The molecule has 126 valence electrons. The van der Waals surface area contributed by atoms with Crippen molar-refractivity contribution in [2.75, 3.05) is 20.1 Å². The van der Waals surface area contributed by atoms with Crippen LogP contribution in [0.5, 0.6) is 0 Å². The Bertz CT molecular complexity index is 834. The van der Waals surface area contributed by atoms with E-state index in [1.54, 1.807) is 23.1 Å². The van der Waals surface area contributed by atoms with Crippen LogP contribution >= 0.6 is 0 Å². The largest absolute Gasteiger partial charge is 0.337 e. The molecule has 0 aromatic heterocycles. The fourth-order valence-corrected chi connectivity index (χ4v) is 4.00. The van der Waals surface area contributed by atoms with Gasteiger partial charge in [0.25, 0.3) is 0 Å². The zero-order valence-electron chi connectivity index (χ0n) is 13.6. The summed E-state index contributed by atoms with van der Waals surface area (Å²) in [6.45, 7) is 1.00. The smallest absolute Gasteiger partial charge is 0.243 e. The number of rotatable bonds is 4. The predicted molar refractivity (Wildman–Crippen MR) is 91.8 cm³/mol. The molecule has 0 aliphatic carbocycles. The minimum Gasteiger partial charge on any atom is -0.337 e. The lowest BCUT2D eigenvalue weighted by molar-refractivity contribution is -0.132. The van der Waals surface area contributed by atoms with E-state index in [1.807, 2.05) is 18.2 Å². The summed E-state index contributed by atoms with van der Waals surface area (Å²) in [4.78, 5) is 14.4. The second kappa shape index (κ2) is 6.75. The second-order valence-corrected chi connectivity index (χ2v) is 7.95. The van der Waals surface area contributed by atoms with Gasteiger partial charge in [-0.1, -0.05) is 42.5 Å². The average molecular weight is 344 g/mol.